The number of carboxylic acid groups (broad SMARTS) is 1. The molecule has 140 valence electrons. The van der Waals surface area contributed by atoms with E-state index in [9.17, 15) is 4.79 Å². The Kier molecular flexibility index (Phi) is 3.92. The first-order valence-corrected chi connectivity index (χ1v) is 10.1. The lowest BCUT2D eigenvalue weighted by atomic mass is 9.71. The largest absolute Gasteiger partial charge is 0.481 e. The Morgan fingerprint density at radius 2 is 2.07 bits per heavy atom. The average molecular weight is 363 g/mol. The van der Waals surface area contributed by atoms with Gasteiger partial charge in [0.15, 0.2) is 0 Å². The van der Waals surface area contributed by atoms with E-state index in [-0.39, 0.29) is 5.92 Å². The highest BCUT2D eigenvalue weighted by molar-refractivity contribution is 5.72. The number of fused-ring (bicyclic) bond motifs is 1. The molecule has 1 aromatic heterocycles. The zero-order chi connectivity index (χ0) is 18.5. The maximum Gasteiger partial charge on any atom is 0.306 e. The van der Waals surface area contributed by atoms with E-state index in [1.165, 1.54) is 23.2 Å². The van der Waals surface area contributed by atoms with Crippen molar-refractivity contribution in [3.63, 3.8) is 0 Å². The molecule has 1 atom stereocenters. The summed E-state index contributed by atoms with van der Waals surface area (Å²) < 4.78 is 0. The van der Waals surface area contributed by atoms with Gasteiger partial charge in [-0.05, 0) is 63.0 Å². The zero-order valence-corrected chi connectivity index (χ0v) is 15.7. The molecule has 27 heavy (non-hydrogen) atoms. The Hall–Kier alpha value is -2.43. The molecule has 1 aromatic carbocycles. The zero-order valence-electron chi connectivity index (χ0n) is 15.7. The summed E-state index contributed by atoms with van der Waals surface area (Å²) in [6.07, 6.45) is 5.95. The predicted octanol–water partition coefficient (Wildman–Crippen LogP) is 3.81. The third-order valence-electron chi connectivity index (χ3n) is 6.62. The molecule has 2 aliphatic carbocycles. The van der Waals surface area contributed by atoms with Crippen molar-refractivity contribution in [3.05, 3.63) is 41.1 Å². The van der Waals surface area contributed by atoms with Crippen LogP contribution in [0, 0.1) is 5.92 Å². The van der Waals surface area contributed by atoms with Gasteiger partial charge >= 0.3 is 5.97 Å². The molecule has 2 aromatic rings. The Labute approximate surface area is 159 Å². The summed E-state index contributed by atoms with van der Waals surface area (Å²) in [6.45, 7) is 3.27. The van der Waals surface area contributed by atoms with Crippen LogP contribution in [0.25, 0.3) is 11.3 Å². The maximum absolute atomic E-state index is 11.1. The number of hydrogen-bond acceptors (Lipinski definition) is 4. The Morgan fingerprint density at radius 3 is 2.78 bits per heavy atom. The lowest BCUT2D eigenvalue weighted by molar-refractivity contribution is -0.145. The molecule has 3 aliphatic rings. The SMILES string of the molecule is C[C@H]1CCN1c1nc2c(c(-c3cccc([C@H]4C[C@H](C(=O)O)C4)c3)n1)CCC2. The third kappa shape index (κ3) is 2.80. The molecule has 0 unspecified atom stereocenters. The number of aliphatic carboxylic acids is 1. The van der Waals surface area contributed by atoms with Crippen molar-refractivity contribution in [2.75, 3.05) is 11.4 Å². The molecule has 1 saturated carbocycles. The first-order chi connectivity index (χ1) is 13.1. The summed E-state index contributed by atoms with van der Waals surface area (Å²) in [6, 6.07) is 9.11. The van der Waals surface area contributed by atoms with Crippen LogP contribution in [-0.2, 0) is 17.6 Å². The highest BCUT2D eigenvalue weighted by Gasteiger charge is 2.35. The number of anilines is 1. The minimum atomic E-state index is -0.663. The quantitative estimate of drug-likeness (QED) is 0.895. The van der Waals surface area contributed by atoms with Gasteiger partial charge < -0.3 is 10.0 Å². The number of nitrogens with zero attached hydrogens (tertiary/aromatic N) is 3. The molecule has 1 aliphatic heterocycles. The maximum atomic E-state index is 11.1. The van der Waals surface area contributed by atoms with Crippen LogP contribution in [0.4, 0.5) is 5.95 Å². The second kappa shape index (κ2) is 6.32. The van der Waals surface area contributed by atoms with E-state index in [4.69, 9.17) is 15.1 Å². The van der Waals surface area contributed by atoms with Crippen LogP contribution in [0.5, 0.6) is 0 Å². The number of aromatic nitrogens is 2. The highest BCUT2D eigenvalue weighted by atomic mass is 16.4. The van der Waals surface area contributed by atoms with Gasteiger partial charge in [-0.1, -0.05) is 18.2 Å². The number of aryl methyl sites for hydroxylation is 1. The van der Waals surface area contributed by atoms with Crippen molar-refractivity contribution in [3.8, 4) is 11.3 Å². The molecular weight excluding hydrogens is 338 g/mol. The monoisotopic (exact) mass is 363 g/mol. The van der Waals surface area contributed by atoms with Crippen molar-refractivity contribution in [1.29, 1.82) is 0 Å². The summed E-state index contributed by atoms with van der Waals surface area (Å²) in [5, 5.41) is 9.15. The highest BCUT2D eigenvalue weighted by Crippen LogP contribution is 2.43. The van der Waals surface area contributed by atoms with Crippen LogP contribution >= 0.6 is 0 Å². The summed E-state index contributed by atoms with van der Waals surface area (Å²) in [5.74, 6) is 0.394. The normalized spacial score (nSPS) is 26.3. The molecule has 5 rings (SSSR count). The van der Waals surface area contributed by atoms with Crippen LogP contribution in [-0.4, -0.2) is 33.6 Å². The van der Waals surface area contributed by atoms with Gasteiger partial charge in [-0.25, -0.2) is 9.97 Å². The summed E-state index contributed by atoms with van der Waals surface area (Å²) >= 11 is 0. The summed E-state index contributed by atoms with van der Waals surface area (Å²) in [4.78, 5) is 23.3. The number of carbonyl (C=O) groups is 1. The van der Waals surface area contributed by atoms with Crippen LogP contribution in [0.3, 0.4) is 0 Å². The standard InChI is InChI=1S/C22H25N3O2/c1-13-8-9-25(13)22-23-19-7-3-6-18(19)20(24-22)15-5-2-4-14(10-15)16-11-17(12-16)21(26)27/h2,4-5,10,13,16-17H,3,6-9,11-12H2,1H3,(H,26,27)/t13-,16-,17-/m0/s1. The van der Waals surface area contributed by atoms with Gasteiger partial charge in [-0.15, -0.1) is 0 Å². The van der Waals surface area contributed by atoms with Crippen LogP contribution in [0.15, 0.2) is 24.3 Å². The molecule has 2 fully saturated rings. The number of benzene rings is 1. The van der Waals surface area contributed by atoms with Gasteiger partial charge in [-0.2, -0.15) is 0 Å². The van der Waals surface area contributed by atoms with Crippen LogP contribution in [0.2, 0.25) is 0 Å². The Bertz CT molecular complexity index is 904. The van der Waals surface area contributed by atoms with Gasteiger partial charge in [0.25, 0.3) is 0 Å². The fourth-order valence-corrected chi connectivity index (χ4v) is 4.63. The van der Waals surface area contributed by atoms with Gasteiger partial charge in [0.05, 0.1) is 11.6 Å². The Morgan fingerprint density at radius 1 is 1.22 bits per heavy atom. The van der Waals surface area contributed by atoms with Crippen molar-refractivity contribution >= 4 is 11.9 Å². The molecule has 0 spiro atoms. The van der Waals surface area contributed by atoms with Gasteiger partial charge in [-0.3, -0.25) is 4.79 Å². The van der Waals surface area contributed by atoms with E-state index in [1.54, 1.807) is 0 Å². The lowest BCUT2D eigenvalue weighted by Crippen LogP contribution is -2.46. The number of carboxylic acids is 1. The minimum absolute atomic E-state index is 0.179. The van der Waals surface area contributed by atoms with Crippen molar-refractivity contribution < 1.29 is 9.90 Å². The Balaban J connectivity index is 1.49. The van der Waals surface area contributed by atoms with Crippen molar-refractivity contribution in [1.82, 2.24) is 9.97 Å². The first kappa shape index (κ1) is 16.7. The van der Waals surface area contributed by atoms with Gasteiger partial charge in [0.1, 0.15) is 0 Å². The smallest absolute Gasteiger partial charge is 0.306 e. The summed E-state index contributed by atoms with van der Waals surface area (Å²) in [7, 11) is 0. The van der Waals surface area contributed by atoms with Crippen molar-refractivity contribution in [2.24, 2.45) is 5.92 Å². The lowest BCUT2D eigenvalue weighted by Gasteiger charge is -2.39. The number of rotatable bonds is 4. The molecule has 0 amide bonds. The van der Waals surface area contributed by atoms with Crippen LogP contribution in [0.1, 0.15) is 55.3 Å². The van der Waals surface area contributed by atoms with Gasteiger partial charge in [0, 0.05) is 29.4 Å². The van der Waals surface area contributed by atoms with E-state index < -0.39 is 5.97 Å². The summed E-state index contributed by atoms with van der Waals surface area (Å²) in [5.41, 5.74) is 6.01. The number of hydrogen-bond donors (Lipinski definition) is 1. The first-order valence-electron chi connectivity index (χ1n) is 10.1. The topological polar surface area (TPSA) is 66.3 Å². The molecule has 1 saturated heterocycles. The fourth-order valence-electron chi connectivity index (χ4n) is 4.63. The van der Waals surface area contributed by atoms with E-state index in [0.717, 1.165) is 55.9 Å². The molecule has 0 radical (unpaired) electrons. The predicted molar refractivity (Wildman–Crippen MR) is 104 cm³/mol. The van der Waals surface area contributed by atoms with Crippen molar-refractivity contribution in [2.45, 2.75) is 57.4 Å². The average Bonchev–Trinajstić information content (AvgIpc) is 3.07. The molecular formula is C22H25N3O2. The van der Waals surface area contributed by atoms with E-state index in [2.05, 4.69) is 36.1 Å². The fraction of sp³-hybridized carbons (Fsp3) is 0.500. The van der Waals surface area contributed by atoms with E-state index in [0.29, 0.717) is 12.0 Å². The molecule has 2 heterocycles. The van der Waals surface area contributed by atoms with Gasteiger partial charge in [0.2, 0.25) is 5.95 Å². The second-order valence-electron chi connectivity index (χ2n) is 8.31. The van der Waals surface area contributed by atoms with Crippen LogP contribution < -0.4 is 4.90 Å². The van der Waals surface area contributed by atoms with E-state index in [1.807, 2.05) is 0 Å². The van der Waals surface area contributed by atoms with E-state index >= 15 is 0 Å². The third-order valence-corrected chi connectivity index (χ3v) is 6.62. The molecule has 5 nitrogen and oxygen atoms in total. The molecule has 0 bridgehead atoms. The second-order valence-corrected chi connectivity index (χ2v) is 8.31. The minimum Gasteiger partial charge on any atom is -0.481 e. The molecule has 5 heteroatoms. The molecule has 1 N–H and O–H groups in total.